The van der Waals surface area contributed by atoms with E-state index in [0.717, 1.165) is 11.8 Å². The number of halogens is 1. The smallest absolute Gasteiger partial charge is 0.238 e. The second kappa shape index (κ2) is 6.86. The van der Waals surface area contributed by atoms with Gasteiger partial charge in [-0.05, 0) is 44.4 Å². The van der Waals surface area contributed by atoms with Crippen molar-refractivity contribution in [2.75, 3.05) is 24.2 Å². The lowest BCUT2D eigenvalue weighted by Crippen LogP contribution is -2.48. The van der Waals surface area contributed by atoms with Crippen LogP contribution in [0, 0.1) is 12.7 Å². The monoisotopic (exact) mass is 342 g/mol. The molecular weight excluding hydrogens is 319 g/mol. The van der Waals surface area contributed by atoms with E-state index in [9.17, 15) is 17.6 Å². The third-order valence-electron chi connectivity index (χ3n) is 4.30. The molecule has 2 rings (SSSR count). The molecule has 0 aromatic heterocycles. The van der Waals surface area contributed by atoms with Gasteiger partial charge in [0.2, 0.25) is 5.91 Å². The lowest BCUT2D eigenvalue weighted by atomic mass is 10.0. The molecular formula is C16H23FN2O3S. The first kappa shape index (κ1) is 17.7. The van der Waals surface area contributed by atoms with Crippen LogP contribution in [0.15, 0.2) is 18.2 Å². The SMILES string of the molecule is Cc1ccc(F)c(N2CCC(NC(=O)C(C)S(C)(=O)=O)CC2)c1. The molecule has 1 unspecified atom stereocenters. The highest BCUT2D eigenvalue weighted by molar-refractivity contribution is 7.92. The number of anilines is 1. The van der Waals surface area contributed by atoms with Crippen LogP contribution in [0.4, 0.5) is 10.1 Å². The van der Waals surface area contributed by atoms with Gasteiger partial charge >= 0.3 is 0 Å². The number of aryl methyl sites for hydroxylation is 1. The molecule has 7 heteroatoms. The molecule has 1 saturated heterocycles. The molecule has 1 amide bonds. The Morgan fingerprint density at radius 3 is 2.52 bits per heavy atom. The summed E-state index contributed by atoms with van der Waals surface area (Å²) < 4.78 is 36.7. The molecule has 1 aromatic carbocycles. The summed E-state index contributed by atoms with van der Waals surface area (Å²) in [6.07, 6.45) is 2.38. The van der Waals surface area contributed by atoms with Crippen LogP contribution in [0.5, 0.6) is 0 Å². The highest BCUT2D eigenvalue weighted by atomic mass is 32.2. The Labute approximate surface area is 136 Å². The van der Waals surface area contributed by atoms with E-state index in [1.54, 1.807) is 6.07 Å². The molecule has 1 aliphatic rings. The summed E-state index contributed by atoms with van der Waals surface area (Å²) >= 11 is 0. The maximum atomic E-state index is 13.9. The first-order chi connectivity index (χ1) is 10.7. The Kier molecular flexibility index (Phi) is 5.29. The number of carbonyl (C=O) groups is 1. The molecule has 0 bridgehead atoms. The number of hydrogen-bond acceptors (Lipinski definition) is 4. The zero-order valence-electron chi connectivity index (χ0n) is 13.7. The predicted octanol–water partition coefficient (Wildman–Crippen LogP) is 1.65. The summed E-state index contributed by atoms with van der Waals surface area (Å²) in [6, 6.07) is 4.95. The van der Waals surface area contributed by atoms with E-state index < -0.39 is 21.0 Å². The molecule has 1 N–H and O–H groups in total. The van der Waals surface area contributed by atoms with Crippen LogP contribution in [0.2, 0.25) is 0 Å². The lowest BCUT2D eigenvalue weighted by Gasteiger charge is -2.34. The fourth-order valence-corrected chi connectivity index (χ4v) is 3.10. The first-order valence-electron chi connectivity index (χ1n) is 7.69. The molecule has 0 spiro atoms. The molecule has 0 radical (unpaired) electrons. The first-order valence-corrected chi connectivity index (χ1v) is 9.64. The van der Waals surface area contributed by atoms with Crippen LogP contribution in [0.3, 0.4) is 0 Å². The van der Waals surface area contributed by atoms with Crippen molar-refractivity contribution in [1.29, 1.82) is 0 Å². The Balaban J connectivity index is 1.94. The Morgan fingerprint density at radius 1 is 1.35 bits per heavy atom. The molecule has 1 aliphatic heterocycles. The van der Waals surface area contributed by atoms with Crippen LogP contribution < -0.4 is 10.2 Å². The molecule has 5 nitrogen and oxygen atoms in total. The summed E-state index contributed by atoms with van der Waals surface area (Å²) in [6.45, 7) is 4.56. The van der Waals surface area contributed by atoms with Crippen molar-refractivity contribution in [3.8, 4) is 0 Å². The van der Waals surface area contributed by atoms with E-state index in [2.05, 4.69) is 5.32 Å². The summed E-state index contributed by atoms with van der Waals surface area (Å²) in [5.41, 5.74) is 1.58. The van der Waals surface area contributed by atoms with E-state index in [0.29, 0.717) is 31.6 Å². The van der Waals surface area contributed by atoms with Crippen molar-refractivity contribution in [2.24, 2.45) is 0 Å². The Bertz CT molecular complexity index is 683. The lowest BCUT2D eigenvalue weighted by molar-refractivity contribution is -0.121. The standard InChI is InChI=1S/C16H23FN2O3S/c1-11-4-5-14(17)15(10-11)19-8-6-13(7-9-19)18-16(20)12(2)23(3,21)22/h4-5,10,12-13H,6-9H2,1-3H3,(H,18,20). The highest BCUT2D eigenvalue weighted by Crippen LogP contribution is 2.24. The third-order valence-corrected chi connectivity index (χ3v) is 5.79. The minimum atomic E-state index is -3.39. The van der Waals surface area contributed by atoms with Crippen molar-refractivity contribution in [3.63, 3.8) is 0 Å². The normalized spacial score (nSPS) is 17.8. The maximum Gasteiger partial charge on any atom is 0.238 e. The summed E-state index contributed by atoms with van der Waals surface area (Å²) in [7, 11) is -3.39. The average Bonchev–Trinajstić information content (AvgIpc) is 2.49. The number of sulfone groups is 1. The number of amides is 1. The van der Waals surface area contributed by atoms with Gasteiger partial charge in [-0.1, -0.05) is 6.07 Å². The minimum absolute atomic E-state index is 0.0733. The summed E-state index contributed by atoms with van der Waals surface area (Å²) in [4.78, 5) is 13.9. The number of carbonyl (C=O) groups excluding carboxylic acids is 1. The number of rotatable bonds is 4. The van der Waals surface area contributed by atoms with Crippen molar-refractivity contribution in [2.45, 2.75) is 38.0 Å². The number of piperidine rings is 1. The Morgan fingerprint density at radius 2 is 1.96 bits per heavy atom. The van der Waals surface area contributed by atoms with Gasteiger partial charge in [-0.15, -0.1) is 0 Å². The van der Waals surface area contributed by atoms with Gasteiger partial charge in [0, 0.05) is 25.4 Å². The fourth-order valence-electron chi connectivity index (χ4n) is 2.64. The number of hydrogen-bond donors (Lipinski definition) is 1. The Hall–Kier alpha value is -1.63. The molecule has 0 saturated carbocycles. The molecule has 128 valence electrons. The zero-order valence-corrected chi connectivity index (χ0v) is 14.5. The van der Waals surface area contributed by atoms with E-state index in [-0.39, 0.29) is 11.9 Å². The van der Waals surface area contributed by atoms with Crippen molar-refractivity contribution in [1.82, 2.24) is 5.32 Å². The van der Waals surface area contributed by atoms with Crippen molar-refractivity contribution in [3.05, 3.63) is 29.6 Å². The molecule has 1 aromatic rings. The maximum absolute atomic E-state index is 13.9. The van der Waals surface area contributed by atoms with Gasteiger partial charge in [0.15, 0.2) is 9.84 Å². The second-order valence-corrected chi connectivity index (χ2v) is 8.56. The van der Waals surface area contributed by atoms with Gasteiger partial charge < -0.3 is 10.2 Å². The molecule has 23 heavy (non-hydrogen) atoms. The van der Waals surface area contributed by atoms with Crippen LogP contribution in [0.25, 0.3) is 0 Å². The zero-order chi connectivity index (χ0) is 17.2. The quantitative estimate of drug-likeness (QED) is 0.904. The van der Waals surface area contributed by atoms with Crippen LogP contribution >= 0.6 is 0 Å². The van der Waals surface area contributed by atoms with Crippen molar-refractivity contribution >= 4 is 21.4 Å². The van der Waals surface area contributed by atoms with E-state index in [4.69, 9.17) is 0 Å². The topological polar surface area (TPSA) is 66.5 Å². The van der Waals surface area contributed by atoms with Gasteiger partial charge in [-0.3, -0.25) is 4.79 Å². The second-order valence-electron chi connectivity index (χ2n) is 6.20. The largest absolute Gasteiger partial charge is 0.369 e. The molecule has 1 fully saturated rings. The molecule has 0 aliphatic carbocycles. The number of nitrogens with one attached hydrogen (secondary N) is 1. The van der Waals surface area contributed by atoms with E-state index >= 15 is 0 Å². The highest BCUT2D eigenvalue weighted by Gasteiger charge is 2.28. The fraction of sp³-hybridized carbons (Fsp3) is 0.562. The predicted molar refractivity (Wildman–Crippen MR) is 88.8 cm³/mol. The third kappa shape index (κ3) is 4.43. The molecule has 1 heterocycles. The molecule has 1 atom stereocenters. The van der Waals surface area contributed by atoms with E-state index in [1.807, 2.05) is 17.9 Å². The van der Waals surface area contributed by atoms with Gasteiger partial charge in [-0.25, -0.2) is 12.8 Å². The van der Waals surface area contributed by atoms with Gasteiger partial charge in [0.05, 0.1) is 5.69 Å². The number of benzene rings is 1. The number of nitrogens with zero attached hydrogens (tertiary/aromatic N) is 1. The average molecular weight is 342 g/mol. The van der Waals surface area contributed by atoms with Crippen LogP contribution in [-0.2, 0) is 14.6 Å². The van der Waals surface area contributed by atoms with Crippen LogP contribution in [0.1, 0.15) is 25.3 Å². The van der Waals surface area contributed by atoms with E-state index in [1.165, 1.54) is 13.0 Å². The minimum Gasteiger partial charge on any atom is -0.369 e. The van der Waals surface area contributed by atoms with Gasteiger partial charge in [0.25, 0.3) is 0 Å². The van der Waals surface area contributed by atoms with Gasteiger partial charge in [-0.2, -0.15) is 0 Å². The summed E-state index contributed by atoms with van der Waals surface area (Å²) in [5, 5.41) is 1.74. The van der Waals surface area contributed by atoms with Crippen LogP contribution in [-0.4, -0.2) is 45.0 Å². The summed E-state index contributed by atoms with van der Waals surface area (Å²) in [5.74, 6) is -0.712. The van der Waals surface area contributed by atoms with Crippen molar-refractivity contribution < 1.29 is 17.6 Å². The van der Waals surface area contributed by atoms with Gasteiger partial charge in [0.1, 0.15) is 11.1 Å².